The van der Waals surface area contributed by atoms with Crippen LogP contribution in [-0.4, -0.2) is 29.9 Å². The van der Waals surface area contributed by atoms with Crippen molar-refractivity contribution in [2.75, 3.05) is 13.2 Å². The second kappa shape index (κ2) is 6.74. The van der Waals surface area contributed by atoms with Gasteiger partial charge in [0, 0.05) is 6.54 Å². The summed E-state index contributed by atoms with van der Waals surface area (Å²) in [5.41, 5.74) is 2.27. The van der Waals surface area contributed by atoms with Crippen molar-refractivity contribution in [3.05, 3.63) is 35.4 Å². The summed E-state index contributed by atoms with van der Waals surface area (Å²) in [6.45, 7) is 6.69. The zero-order valence-electron chi connectivity index (χ0n) is 13.0. The molecular weight excluding hydrogens is 266 g/mol. The first-order valence-corrected chi connectivity index (χ1v) is 7.57. The predicted octanol–water partition coefficient (Wildman–Crippen LogP) is 2.86. The number of esters is 1. The fourth-order valence-corrected chi connectivity index (χ4v) is 2.82. The van der Waals surface area contributed by atoms with Crippen LogP contribution >= 0.6 is 0 Å². The third-order valence-corrected chi connectivity index (χ3v) is 3.99. The Morgan fingerprint density at radius 3 is 2.52 bits per heavy atom. The number of piperidine rings is 1. The van der Waals surface area contributed by atoms with E-state index in [0.717, 1.165) is 18.4 Å². The zero-order valence-corrected chi connectivity index (χ0v) is 13.0. The Labute approximate surface area is 126 Å². The summed E-state index contributed by atoms with van der Waals surface area (Å²) < 4.78 is 4.87. The molecule has 1 fully saturated rings. The van der Waals surface area contributed by atoms with Crippen LogP contribution in [0.5, 0.6) is 0 Å². The topological polar surface area (TPSA) is 46.6 Å². The van der Waals surface area contributed by atoms with E-state index in [9.17, 15) is 9.59 Å². The molecule has 4 nitrogen and oxygen atoms in total. The molecule has 4 heteroatoms. The van der Waals surface area contributed by atoms with Crippen molar-refractivity contribution in [2.24, 2.45) is 5.92 Å². The van der Waals surface area contributed by atoms with E-state index < -0.39 is 11.9 Å². The third kappa shape index (κ3) is 3.63. The largest absolute Gasteiger partial charge is 0.459 e. The van der Waals surface area contributed by atoms with Gasteiger partial charge in [-0.25, -0.2) is 4.79 Å². The maximum absolute atomic E-state index is 12.3. The highest BCUT2D eigenvalue weighted by Gasteiger charge is 2.34. The van der Waals surface area contributed by atoms with E-state index in [1.54, 1.807) is 11.8 Å². The van der Waals surface area contributed by atoms with Crippen LogP contribution in [-0.2, 0) is 14.3 Å². The molecule has 0 N–H and O–H groups in total. The summed E-state index contributed by atoms with van der Waals surface area (Å²) in [5, 5.41) is 0. The van der Waals surface area contributed by atoms with Crippen LogP contribution in [0.2, 0.25) is 0 Å². The van der Waals surface area contributed by atoms with Crippen molar-refractivity contribution in [2.45, 2.75) is 39.7 Å². The lowest BCUT2D eigenvalue weighted by Gasteiger charge is -2.38. The zero-order chi connectivity index (χ0) is 15.4. The molecule has 0 radical (unpaired) electrons. The number of benzene rings is 1. The van der Waals surface area contributed by atoms with Gasteiger partial charge >= 0.3 is 11.9 Å². The van der Waals surface area contributed by atoms with Crippen molar-refractivity contribution < 1.29 is 14.3 Å². The maximum atomic E-state index is 12.3. The summed E-state index contributed by atoms with van der Waals surface area (Å²) in [6, 6.07) is 8.14. The average Bonchev–Trinajstić information content (AvgIpc) is 2.47. The predicted molar refractivity (Wildman–Crippen MR) is 80.7 cm³/mol. The molecule has 2 rings (SSSR count). The number of hydrogen-bond acceptors (Lipinski definition) is 3. The van der Waals surface area contributed by atoms with Crippen molar-refractivity contribution in [3.63, 3.8) is 0 Å². The molecule has 1 aliphatic heterocycles. The maximum Gasteiger partial charge on any atom is 0.397 e. The number of hydrogen-bond donors (Lipinski definition) is 0. The minimum absolute atomic E-state index is 0.0290. The van der Waals surface area contributed by atoms with Gasteiger partial charge in [0.2, 0.25) is 0 Å². The Morgan fingerprint density at radius 2 is 1.90 bits per heavy atom. The van der Waals surface area contributed by atoms with Crippen LogP contribution in [0, 0.1) is 12.8 Å². The summed E-state index contributed by atoms with van der Waals surface area (Å²) in [7, 11) is 0. The van der Waals surface area contributed by atoms with Gasteiger partial charge in [-0.3, -0.25) is 4.79 Å². The Balaban J connectivity index is 2.22. The molecule has 0 unspecified atom stereocenters. The highest BCUT2D eigenvalue weighted by Crippen LogP contribution is 2.33. The van der Waals surface area contributed by atoms with Crippen molar-refractivity contribution in [3.8, 4) is 0 Å². The molecule has 0 saturated carbocycles. The number of carbonyl (C=O) groups excluding carboxylic acids is 2. The molecule has 0 spiro atoms. The van der Waals surface area contributed by atoms with Crippen LogP contribution in [0.15, 0.2) is 24.3 Å². The number of ether oxygens (including phenoxy) is 1. The van der Waals surface area contributed by atoms with Crippen LogP contribution < -0.4 is 0 Å². The van der Waals surface area contributed by atoms with Gasteiger partial charge in [-0.15, -0.1) is 0 Å². The molecule has 0 aromatic heterocycles. The average molecular weight is 289 g/mol. The van der Waals surface area contributed by atoms with E-state index in [2.05, 4.69) is 6.92 Å². The van der Waals surface area contributed by atoms with E-state index >= 15 is 0 Å². The molecule has 2 atom stereocenters. The molecule has 1 aromatic carbocycles. The minimum atomic E-state index is -0.747. The van der Waals surface area contributed by atoms with Crippen molar-refractivity contribution >= 4 is 11.9 Å². The van der Waals surface area contributed by atoms with Gasteiger partial charge < -0.3 is 9.64 Å². The SMILES string of the molecule is CCOC(=O)C(=O)N1C[C@@H](C)CC[C@@H]1c1ccc(C)cc1. The number of nitrogens with zero attached hydrogens (tertiary/aromatic N) is 1. The molecule has 0 aliphatic carbocycles. The van der Waals surface area contributed by atoms with Gasteiger partial charge in [0.25, 0.3) is 0 Å². The van der Waals surface area contributed by atoms with E-state index in [0.29, 0.717) is 12.5 Å². The number of aryl methyl sites for hydroxylation is 1. The molecule has 114 valence electrons. The monoisotopic (exact) mass is 289 g/mol. The van der Waals surface area contributed by atoms with Crippen molar-refractivity contribution in [1.29, 1.82) is 0 Å². The number of amides is 1. The number of carbonyl (C=O) groups is 2. The van der Waals surface area contributed by atoms with Crippen molar-refractivity contribution in [1.82, 2.24) is 4.90 Å². The highest BCUT2D eigenvalue weighted by molar-refractivity contribution is 6.32. The number of likely N-dealkylation sites (tertiary alicyclic amines) is 1. The van der Waals surface area contributed by atoms with E-state index in [1.165, 1.54) is 5.56 Å². The molecule has 21 heavy (non-hydrogen) atoms. The minimum Gasteiger partial charge on any atom is -0.459 e. The molecule has 1 aliphatic rings. The fourth-order valence-electron chi connectivity index (χ4n) is 2.82. The van der Waals surface area contributed by atoms with Gasteiger partial charge in [-0.2, -0.15) is 0 Å². The molecule has 0 bridgehead atoms. The molecular formula is C17H23NO3. The normalized spacial score (nSPS) is 22.0. The first-order valence-electron chi connectivity index (χ1n) is 7.57. The Hall–Kier alpha value is -1.84. The number of rotatable bonds is 2. The van der Waals surface area contributed by atoms with Gasteiger partial charge in [-0.1, -0.05) is 36.8 Å². The first kappa shape index (κ1) is 15.5. The highest BCUT2D eigenvalue weighted by atomic mass is 16.5. The van der Waals surface area contributed by atoms with Crippen LogP contribution in [0.1, 0.15) is 43.9 Å². The Morgan fingerprint density at radius 1 is 1.24 bits per heavy atom. The van der Waals surface area contributed by atoms with E-state index in [1.807, 2.05) is 31.2 Å². The van der Waals surface area contributed by atoms with Gasteiger partial charge in [0.05, 0.1) is 12.6 Å². The summed E-state index contributed by atoms with van der Waals surface area (Å²) in [4.78, 5) is 25.8. The Bertz CT molecular complexity index is 509. The lowest BCUT2D eigenvalue weighted by molar-refractivity contribution is -0.162. The molecule has 1 heterocycles. The third-order valence-electron chi connectivity index (χ3n) is 3.99. The van der Waals surface area contributed by atoms with Crippen LogP contribution in [0.3, 0.4) is 0 Å². The summed E-state index contributed by atoms with van der Waals surface area (Å²) >= 11 is 0. The van der Waals surface area contributed by atoms with E-state index in [-0.39, 0.29) is 12.6 Å². The molecule has 1 saturated heterocycles. The Kier molecular flexibility index (Phi) is 4.99. The molecule has 1 aromatic rings. The van der Waals surface area contributed by atoms with Crippen LogP contribution in [0.25, 0.3) is 0 Å². The summed E-state index contributed by atoms with van der Waals surface area (Å²) in [6.07, 6.45) is 1.94. The fraction of sp³-hybridized carbons (Fsp3) is 0.529. The van der Waals surface area contributed by atoms with Gasteiger partial charge in [0.15, 0.2) is 0 Å². The quantitative estimate of drug-likeness (QED) is 0.621. The molecule has 1 amide bonds. The van der Waals surface area contributed by atoms with Gasteiger partial charge in [0.1, 0.15) is 0 Å². The lowest BCUT2D eigenvalue weighted by atomic mass is 9.89. The van der Waals surface area contributed by atoms with Gasteiger partial charge in [-0.05, 0) is 38.2 Å². The first-order chi connectivity index (χ1) is 10.0. The lowest BCUT2D eigenvalue weighted by Crippen LogP contribution is -2.45. The standard InChI is InChI=1S/C17H23NO3/c1-4-21-17(20)16(19)18-11-13(3)7-10-15(18)14-8-5-12(2)6-9-14/h5-6,8-9,13,15H,4,7,10-11H2,1-3H3/t13-,15+/m0/s1. The van der Waals surface area contributed by atoms with E-state index in [4.69, 9.17) is 4.74 Å². The second-order valence-corrected chi connectivity index (χ2v) is 5.79. The second-order valence-electron chi connectivity index (χ2n) is 5.79. The van der Waals surface area contributed by atoms with Crippen LogP contribution in [0.4, 0.5) is 0 Å². The smallest absolute Gasteiger partial charge is 0.397 e. The summed E-state index contributed by atoms with van der Waals surface area (Å²) in [5.74, 6) is -0.859.